The average Bonchev–Trinajstić information content (AvgIpc) is 3.03. The molecule has 1 aliphatic rings. The molecule has 0 heterocycles. The highest BCUT2D eigenvalue weighted by Crippen LogP contribution is 2.28. The third kappa shape index (κ3) is 9.91. The predicted octanol–water partition coefficient (Wildman–Crippen LogP) is 2.07. The molecule has 4 heteroatoms. The van der Waals surface area contributed by atoms with Gasteiger partial charge in [-0.3, -0.25) is 4.79 Å². The van der Waals surface area contributed by atoms with Gasteiger partial charge in [0.05, 0.1) is 0 Å². The van der Waals surface area contributed by atoms with Gasteiger partial charge in [0.2, 0.25) is 5.91 Å². The second kappa shape index (κ2) is 7.85. The Kier molecular flexibility index (Phi) is 6.80. The van der Waals surface area contributed by atoms with Crippen molar-refractivity contribution in [3.05, 3.63) is 0 Å². The lowest BCUT2D eigenvalue weighted by Crippen LogP contribution is -2.34. The second-order valence-corrected chi connectivity index (χ2v) is 6.95. The van der Waals surface area contributed by atoms with Gasteiger partial charge in [0, 0.05) is 32.2 Å². The molecule has 1 rings (SSSR count). The van der Waals surface area contributed by atoms with E-state index < -0.39 is 0 Å². The van der Waals surface area contributed by atoms with Crippen LogP contribution in [-0.2, 0) is 9.53 Å². The number of amides is 1. The molecule has 0 aromatic carbocycles. The van der Waals surface area contributed by atoms with Crippen molar-refractivity contribution in [3.8, 4) is 0 Å². The van der Waals surface area contributed by atoms with E-state index in [9.17, 15) is 4.79 Å². The Bertz CT molecular complexity index is 270. The zero-order chi connectivity index (χ0) is 14.3. The van der Waals surface area contributed by atoms with Crippen LogP contribution in [0.3, 0.4) is 0 Å². The van der Waals surface area contributed by atoms with Crippen molar-refractivity contribution in [1.82, 2.24) is 5.32 Å². The number of ether oxygens (including phenoxy) is 1. The summed E-state index contributed by atoms with van der Waals surface area (Å²) in [6.07, 6.45) is 4.81. The molecule has 0 bridgehead atoms. The van der Waals surface area contributed by atoms with Gasteiger partial charge in [-0.2, -0.15) is 0 Å². The van der Waals surface area contributed by atoms with Crippen molar-refractivity contribution < 1.29 is 9.53 Å². The topological polar surface area (TPSA) is 64.4 Å². The van der Waals surface area contributed by atoms with Crippen LogP contribution in [-0.4, -0.2) is 31.7 Å². The second-order valence-electron chi connectivity index (χ2n) is 6.95. The van der Waals surface area contributed by atoms with E-state index in [1.165, 1.54) is 12.8 Å². The van der Waals surface area contributed by atoms with Gasteiger partial charge in [0.15, 0.2) is 0 Å². The first kappa shape index (κ1) is 16.4. The smallest absolute Gasteiger partial charge is 0.221 e. The molecule has 112 valence electrons. The number of hydrogen-bond donors (Lipinski definition) is 2. The fraction of sp³-hybridized carbons (Fsp3) is 0.933. The SMILES string of the molecule is CC(C)(C)CC(N)CC(=O)NCCCOCC1CC1. The molecule has 19 heavy (non-hydrogen) atoms. The molecule has 4 nitrogen and oxygen atoms in total. The van der Waals surface area contributed by atoms with E-state index in [1.807, 2.05) is 0 Å². The van der Waals surface area contributed by atoms with E-state index in [1.54, 1.807) is 0 Å². The molecule has 0 aromatic rings. The van der Waals surface area contributed by atoms with Gasteiger partial charge in [-0.15, -0.1) is 0 Å². The Balaban J connectivity index is 1.94. The van der Waals surface area contributed by atoms with Crippen LogP contribution in [0.15, 0.2) is 0 Å². The molecule has 1 fully saturated rings. The fourth-order valence-electron chi connectivity index (χ4n) is 2.11. The van der Waals surface area contributed by atoms with Crippen molar-refractivity contribution in [2.24, 2.45) is 17.1 Å². The van der Waals surface area contributed by atoms with E-state index >= 15 is 0 Å². The van der Waals surface area contributed by atoms with Crippen LogP contribution in [0.4, 0.5) is 0 Å². The van der Waals surface area contributed by atoms with E-state index in [0.29, 0.717) is 13.0 Å². The third-order valence-corrected chi connectivity index (χ3v) is 3.16. The van der Waals surface area contributed by atoms with E-state index in [-0.39, 0.29) is 17.4 Å². The van der Waals surface area contributed by atoms with Gasteiger partial charge < -0.3 is 15.8 Å². The summed E-state index contributed by atoms with van der Waals surface area (Å²) in [5, 5.41) is 2.90. The number of rotatable bonds is 9. The molecule has 0 aliphatic heterocycles. The minimum absolute atomic E-state index is 0.0499. The van der Waals surface area contributed by atoms with Gasteiger partial charge >= 0.3 is 0 Å². The summed E-state index contributed by atoms with van der Waals surface area (Å²) < 4.78 is 5.51. The van der Waals surface area contributed by atoms with Gasteiger partial charge in [-0.05, 0) is 37.0 Å². The molecule has 1 atom stereocenters. The minimum atomic E-state index is -0.0499. The largest absolute Gasteiger partial charge is 0.381 e. The lowest BCUT2D eigenvalue weighted by Gasteiger charge is -2.22. The molecule has 3 N–H and O–H groups in total. The molecule has 1 amide bonds. The Morgan fingerprint density at radius 3 is 2.68 bits per heavy atom. The van der Waals surface area contributed by atoms with E-state index in [0.717, 1.165) is 32.0 Å². The number of carbonyl (C=O) groups is 1. The summed E-state index contributed by atoms with van der Waals surface area (Å²) in [5.41, 5.74) is 6.14. The van der Waals surface area contributed by atoms with Crippen molar-refractivity contribution in [1.29, 1.82) is 0 Å². The first-order chi connectivity index (χ1) is 8.87. The minimum Gasteiger partial charge on any atom is -0.381 e. The Labute approximate surface area is 117 Å². The molecular weight excluding hydrogens is 240 g/mol. The lowest BCUT2D eigenvalue weighted by molar-refractivity contribution is -0.121. The number of nitrogens with two attached hydrogens (primary N) is 1. The zero-order valence-corrected chi connectivity index (χ0v) is 12.7. The van der Waals surface area contributed by atoms with E-state index in [4.69, 9.17) is 10.5 Å². The van der Waals surface area contributed by atoms with Crippen LogP contribution >= 0.6 is 0 Å². The van der Waals surface area contributed by atoms with Gasteiger partial charge in [0.1, 0.15) is 0 Å². The summed E-state index contributed by atoms with van der Waals surface area (Å²) in [6.45, 7) is 8.74. The Morgan fingerprint density at radius 1 is 1.42 bits per heavy atom. The Morgan fingerprint density at radius 2 is 2.11 bits per heavy atom. The maximum Gasteiger partial charge on any atom is 0.221 e. The predicted molar refractivity (Wildman–Crippen MR) is 77.8 cm³/mol. The molecule has 0 aromatic heterocycles. The quantitative estimate of drug-likeness (QED) is 0.630. The van der Waals surface area contributed by atoms with Gasteiger partial charge in [-0.25, -0.2) is 0 Å². The summed E-state index contributed by atoms with van der Waals surface area (Å²) >= 11 is 0. The first-order valence-corrected chi connectivity index (χ1v) is 7.47. The van der Waals surface area contributed by atoms with Crippen LogP contribution in [0.1, 0.15) is 52.9 Å². The highest BCUT2D eigenvalue weighted by atomic mass is 16.5. The maximum atomic E-state index is 11.7. The molecule has 1 unspecified atom stereocenters. The summed E-state index contributed by atoms with van der Waals surface area (Å²) in [4.78, 5) is 11.7. The molecule has 0 saturated heterocycles. The zero-order valence-electron chi connectivity index (χ0n) is 12.7. The van der Waals surface area contributed by atoms with Crippen LogP contribution in [0, 0.1) is 11.3 Å². The lowest BCUT2D eigenvalue weighted by atomic mass is 9.87. The standard InChI is InChI=1S/C15H30N2O2/c1-15(2,3)10-13(16)9-14(18)17-7-4-8-19-11-12-5-6-12/h12-13H,4-11,16H2,1-3H3,(H,17,18). The van der Waals surface area contributed by atoms with Gasteiger partial charge in [0.25, 0.3) is 0 Å². The van der Waals surface area contributed by atoms with Crippen LogP contribution < -0.4 is 11.1 Å². The normalized spacial score (nSPS) is 17.3. The van der Waals surface area contributed by atoms with Crippen LogP contribution in [0.25, 0.3) is 0 Å². The average molecular weight is 270 g/mol. The highest BCUT2D eigenvalue weighted by molar-refractivity contribution is 5.76. The highest BCUT2D eigenvalue weighted by Gasteiger charge is 2.21. The van der Waals surface area contributed by atoms with Gasteiger partial charge in [-0.1, -0.05) is 20.8 Å². The van der Waals surface area contributed by atoms with E-state index in [2.05, 4.69) is 26.1 Å². The Hall–Kier alpha value is -0.610. The van der Waals surface area contributed by atoms with Crippen LogP contribution in [0.5, 0.6) is 0 Å². The van der Waals surface area contributed by atoms with Crippen molar-refractivity contribution >= 4 is 5.91 Å². The summed E-state index contributed by atoms with van der Waals surface area (Å²) in [7, 11) is 0. The molecular formula is C15H30N2O2. The molecule has 0 radical (unpaired) electrons. The fourth-order valence-corrected chi connectivity index (χ4v) is 2.11. The first-order valence-electron chi connectivity index (χ1n) is 7.47. The third-order valence-electron chi connectivity index (χ3n) is 3.16. The molecule has 1 saturated carbocycles. The number of hydrogen-bond acceptors (Lipinski definition) is 3. The monoisotopic (exact) mass is 270 g/mol. The number of nitrogens with one attached hydrogen (secondary N) is 1. The van der Waals surface area contributed by atoms with Crippen LogP contribution in [0.2, 0.25) is 0 Å². The van der Waals surface area contributed by atoms with Crippen molar-refractivity contribution in [2.75, 3.05) is 19.8 Å². The molecule has 1 aliphatic carbocycles. The summed E-state index contributed by atoms with van der Waals surface area (Å²) in [5.74, 6) is 0.865. The molecule has 0 spiro atoms. The maximum absolute atomic E-state index is 11.7. The van der Waals surface area contributed by atoms with Crippen molar-refractivity contribution in [3.63, 3.8) is 0 Å². The summed E-state index contributed by atoms with van der Waals surface area (Å²) in [6, 6.07) is -0.0499. The number of carbonyl (C=O) groups excluding carboxylic acids is 1. The van der Waals surface area contributed by atoms with Crippen molar-refractivity contribution in [2.45, 2.75) is 58.9 Å².